The van der Waals surface area contributed by atoms with E-state index in [1.165, 1.54) is 0 Å². The van der Waals surface area contributed by atoms with E-state index in [-0.39, 0.29) is 18.1 Å². The predicted molar refractivity (Wildman–Crippen MR) is 159 cm³/mol. The van der Waals surface area contributed by atoms with Crippen LogP contribution < -0.4 is 9.47 Å². The SMILES string of the molecule is CCOc1ccc(C2=NC(c3ccc(Br)cc3)C(c3ccc(Br)cc3)N2C(=O)N2CCOCC2)c(OCC)c1. The molecule has 9 heteroatoms. The van der Waals surface area contributed by atoms with Crippen LogP contribution in [0, 0.1) is 0 Å². The number of nitrogens with zero attached hydrogens (tertiary/aromatic N) is 3. The summed E-state index contributed by atoms with van der Waals surface area (Å²) in [5, 5.41) is 0. The number of urea groups is 1. The molecule has 3 aromatic carbocycles. The summed E-state index contributed by atoms with van der Waals surface area (Å²) < 4.78 is 19.3. The van der Waals surface area contributed by atoms with Gasteiger partial charge in [0.1, 0.15) is 23.4 Å². The number of hydrogen-bond acceptors (Lipinski definition) is 5. The minimum absolute atomic E-state index is 0.0964. The standard InChI is InChI=1S/C30H31Br2N3O4/c1-3-38-24-13-14-25(26(19-24)39-4-2)29-33-27(20-5-9-22(31)10-6-20)28(21-7-11-23(32)12-8-21)35(29)30(36)34-15-17-37-18-16-34/h5-14,19,27-28H,3-4,15-18H2,1-2H3. The summed E-state index contributed by atoms with van der Waals surface area (Å²) in [6.07, 6.45) is 0. The van der Waals surface area contributed by atoms with Crippen LogP contribution >= 0.6 is 31.9 Å². The molecule has 1 fully saturated rings. The van der Waals surface area contributed by atoms with Crippen LogP contribution in [0.3, 0.4) is 0 Å². The van der Waals surface area contributed by atoms with E-state index in [4.69, 9.17) is 19.2 Å². The summed E-state index contributed by atoms with van der Waals surface area (Å²) >= 11 is 7.11. The minimum atomic E-state index is -0.356. The number of amidine groups is 1. The van der Waals surface area contributed by atoms with Crippen molar-refractivity contribution in [1.82, 2.24) is 9.80 Å². The fourth-order valence-corrected chi connectivity index (χ4v) is 5.51. The average molecular weight is 657 g/mol. The van der Waals surface area contributed by atoms with E-state index in [1.54, 1.807) is 0 Å². The molecule has 2 unspecified atom stereocenters. The molecule has 2 atom stereocenters. The predicted octanol–water partition coefficient (Wildman–Crippen LogP) is 7.01. The smallest absolute Gasteiger partial charge is 0.326 e. The van der Waals surface area contributed by atoms with E-state index in [1.807, 2.05) is 66.1 Å². The van der Waals surface area contributed by atoms with Gasteiger partial charge in [-0.15, -0.1) is 0 Å². The number of carbonyl (C=O) groups excluding carboxylic acids is 1. The Morgan fingerprint density at radius 3 is 2.13 bits per heavy atom. The lowest BCUT2D eigenvalue weighted by molar-refractivity contribution is 0.0459. The van der Waals surface area contributed by atoms with E-state index in [0.717, 1.165) is 25.6 Å². The molecule has 2 aliphatic rings. The third kappa shape index (κ3) is 6.00. The van der Waals surface area contributed by atoms with Gasteiger partial charge in [-0.3, -0.25) is 9.89 Å². The maximum atomic E-state index is 14.3. The molecule has 0 spiro atoms. The Labute approximate surface area is 246 Å². The highest BCUT2D eigenvalue weighted by Crippen LogP contribution is 2.45. The van der Waals surface area contributed by atoms with Gasteiger partial charge in [0.15, 0.2) is 0 Å². The molecule has 0 N–H and O–H groups in total. The molecule has 3 aromatic rings. The summed E-state index contributed by atoms with van der Waals surface area (Å²) in [6.45, 7) is 6.99. The van der Waals surface area contributed by atoms with Gasteiger partial charge in [-0.2, -0.15) is 0 Å². The lowest BCUT2D eigenvalue weighted by atomic mass is 9.94. The molecule has 1 saturated heterocycles. The zero-order valence-electron chi connectivity index (χ0n) is 22.0. The summed E-state index contributed by atoms with van der Waals surface area (Å²) in [5.74, 6) is 1.93. The number of benzene rings is 3. The van der Waals surface area contributed by atoms with Crippen molar-refractivity contribution in [3.63, 3.8) is 0 Å². The van der Waals surface area contributed by atoms with Gasteiger partial charge in [-0.1, -0.05) is 56.1 Å². The van der Waals surface area contributed by atoms with Gasteiger partial charge in [0.05, 0.1) is 38.0 Å². The number of carbonyl (C=O) groups is 1. The first-order chi connectivity index (χ1) is 19.0. The molecule has 204 valence electrons. The number of halogens is 2. The molecule has 39 heavy (non-hydrogen) atoms. The summed E-state index contributed by atoms with van der Waals surface area (Å²) in [4.78, 5) is 23.3. The molecule has 0 saturated carbocycles. The highest BCUT2D eigenvalue weighted by molar-refractivity contribution is 9.10. The van der Waals surface area contributed by atoms with Gasteiger partial charge in [-0.25, -0.2) is 4.79 Å². The highest BCUT2D eigenvalue weighted by atomic mass is 79.9. The first-order valence-electron chi connectivity index (χ1n) is 13.1. The van der Waals surface area contributed by atoms with Crippen molar-refractivity contribution >= 4 is 43.7 Å². The zero-order chi connectivity index (χ0) is 27.4. The maximum absolute atomic E-state index is 14.3. The number of rotatable bonds is 7. The fourth-order valence-electron chi connectivity index (χ4n) is 4.98. The Bertz CT molecular complexity index is 1330. The second-order valence-electron chi connectivity index (χ2n) is 9.22. The van der Waals surface area contributed by atoms with Crippen LogP contribution in [0.2, 0.25) is 0 Å². The molecular formula is C30H31Br2N3O4. The average Bonchev–Trinajstić information content (AvgIpc) is 3.35. The molecule has 2 aliphatic heterocycles. The third-order valence-electron chi connectivity index (χ3n) is 6.78. The minimum Gasteiger partial charge on any atom is -0.494 e. The van der Waals surface area contributed by atoms with E-state index in [2.05, 4.69) is 56.1 Å². The molecule has 7 nitrogen and oxygen atoms in total. The Balaban J connectivity index is 1.69. The number of amides is 2. The van der Waals surface area contributed by atoms with E-state index < -0.39 is 0 Å². The summed E-state index contributed by atoms with van der Waals surface area (Å²) in [5.41, 5.74) is 2.77. The first-order valence-corrected chi connectivity index (χ1v) is 14.7. The van der Waals surface area contributed by atoms with Crippen molar-refractivity contribution in [3.8, 4) is 11.5 Å². The van der Waals surface area contributed by atoms with Crippen LogP contribution in [-0.2, 0) is 4.74 Å². The molecule has 0 aromatic heterocycles. The lowest BCUT2D eigenvalue weighted by Crippen LogP contribution is -2.50. The van der Waals surface area contributed by atoms with Gasteiger partial charge in [0, 0.05) is 28.1 Å². The number of morpholine rings is 1. The molecule has 5 rings (SSSR count). The van der Waals surface area contributed by atoms with Crippen molar-refractivity contribution in [2.75, 3.05) is 39.5 Å². The second kappa shape index (κ2) is 12.5. The van der Waals surface area contributed by atoms with Crippen molar-refractivity contribution in [2.24, 2.45) is 4.99 Å². The zero-order valence-corrected chi connectivity index (χ0v) is 25.2. The van der Waals surface area contributed by atoms with E-state index in [0.29, 0.717) is 56.9 Å². The van der Waals surface area contributed by atoms with Gasteiger partial charge in [-0.05, 0) is 61.4 Å². The maximum Gasteiger partial charge on any atom is 0.326 e. The molecule has 0 radical (unpaired) electrons. The lowest BCUT2D eigenvalue weighted by Gasteiger charge is -2.36. The summed E-state index contributed by atoms with van der Waals surface area (Å²) in [7, 11) is 0. The monoisotopic (exact) mass is 655 g/mol. The topological polar surface area (TPSA) is 63.6 Å². The van der Waals surface area contributed by atoms with Crippen LogP contribution in [0.25, 0.3) is 0 Å². The Morgan fingerprint density at radius 1 is 0.897 bits per heavy atom. The van der Waals surface area contributed by atoms with Gasteiger partial charge < -0.3 is 19.1 Å². The largest absolute Gasteiger partial charge is 0.494 e. The number of ether oxygens (including phenoxy) is 3. The van der Waals surface area contributed by atoms with Crippen molar-refractivity contribution in [1.29, 1.82) is 0 Å². The number of hydrogen-bond donors (Lipinski definition) is 0. The third-order valence-corrected chi connectivity index (χ3v) is 7.84. The van der Waals surface area contributed by atoms with Crippen LogP contribution in [0.15, 0.2) is 80.7 Å². The normalized spacial score (nSPS) is 19.1. The quantitative estimate of drug-likeness (QED) is 0.275. The molecule has 0 bridgehead atoms. The van der Waals surface area contributed by atoms with Gasteiger partial charge >= 0.3 is 6.03 Å². The van der Waals surface area contributed by atoms with Gasteiger partial charge in [0.2, 0.25) is 0 Å². The summed E-state index contributed by atoms with van der Waals surface area (Å²) in [6, 6.07) is 21.2. The van der Waals surface area contributed by atoms with Crippen molar-refractivity contribution < 1.29 is 19.0 Å². The molecular weight excluding hydrogens is 626 g/mol. The van der Waals surface area contributed by atoms with Crippen LogP contribution in [0.1, 0.15) is 42.6 Å². The first kappa shape index (κ1) is 27.7. The second-order valence-corrected chi connectivity index (χ2v) is 11.1. The Hall–Kier alpha value is -2.88. The van der Waals surface area contributed by atoms with E-state index >= 15 is 0 Å². The highest BCUT2D eigenvalue weighted by Gasteiger charge is 2.44. The van der Waals surface area contributed by atoms with Crippen LogP contribution in [0.4, 0.5) is 4.79 Å². The van der Waals surface area contributed by atoms with Gasteiger partial charge in [0.25, 0.3) is 0 Å². The molecule has 2 amide bonds. The molecule has 2 heterocycles. The van der Waals surface area contributed by atoms with Crippen LogP contribution in [0.5, 0.6) is 11.5 Å². The fraction of sp³-hybridized carbons (Fsp3) is 0.333. The number of aliphatic imine (C=N–C) groups is 1. The van der Waals surface area contributed by atoms with Crippen LogP contribution in [-0.4, -0.2) is 61.2 Å². The van der Waals surface area contributed by atoms with E-state index in [9.17, 15) is 4.79 Å². The molecule has 0 aliphatic carbocycles. The Morgan fingerprint density at radius 2 is 1.51 bits per heavy atom. The van der Waals surface area contributed by atoms with Crippen molar-refractivity contribution in [2.45, 2.75) is 25.9 Å². The van der Waals surface area contributed by atoms with Crippen molar-refractivity contribution in [3.05, 3.63) is 92.4 Å². The Kier molecular flexibility index (Phi) is 8.89.